The van der Waals surface area contributed by atoms with Crippen LogP contribution in [-0.2, 0) is 24.0 Å². The Hall–Kier alpha value is -3.23. The van der Waals surface area contributed by atoms with Crippen molar-refractivity contribution >= 4 is 29.4 Å². The third-order valence-electron chi connectivity index (χ3n) is 6.10. The molecule has 0 aliphatic heterocycles. The molecule has 0 spiro atoms. The number of nitrogens with zero attached hydrogens (tertiary/aromatic N) is 1. The van der Waals surface area contributed by atoms with Crippen molar-refractivity contribution in [1.82, 2.24) is 20.9 Å². The van der Waals surface area contributed by atoms with E-state index in [0.29, 0.717) is 24.3 Å². The summed E-state index contributed by atoms with van der Waals surface area (Å²) >= 11 is 0. The van der Waals surface area contributed by atoms with Crippen LogP contribution in [0.2, 0.25) is 0 Å². The number of hydrogen-bond acceptors (Lipinski definition) is 5. The maximum absolute atomic E-state index is 12.8. The summed E-state index contributed by atoms with van der Waals surface area (Å²) in [7, 11) is 3.17. The molecule has 2 rings (SSSR count). The van der Waals surface area contributed by atoms with Gasteiger partial charge < -0.3 is 20.9 Å². The zero-order valence-corrected chi connectivity index (χ0v) is 21.1. The summed E-state index contributed by atoms with van der Waals surface area (Å²) in [4.78, 5) is 64.4. The molecule has 1 saturated carbocycles. The summed E-state index contributed by atoms with van der Waals surface area (Å²) in [6, 6.07) is 6.94. The molecular formula is C26H38N4O5. The fourth-order valence-electron chi connectivity index (χ4n) is 3.68. The van der Waals surface area contributed by atoms with Crippen molar-refractivity contribution in [3.8, 4) is 0 Å². The first-order valence-corrected chi connectivity index (χ1v) is 12.3. The minimum Gasteiger partial charge on any atom is -0.347 e. The molecule has 35 heavy (non-hydrogen) atoms. The molecule has 1 aliphatic carbocycles. The van der Waals surface area contributed by atoms with Gasteiger partial charge >= 0.3 is 0 Å². The van der Waals surface area contributed by atoms with Crippen molar-refractivity contribution in [3.63, 3.8) is 0 Å². The van der Waals surface area contributed by atoms with E-state index in [0.717, 1.165) is 25.7 Å². The molecule has 3 unspecified atom stereocenters. The fraction of sp³-hybridized carbons (Fsp3) is 0.577. The van der Waals surface area contributed by atoms with Gasteiger partial charge in [-0.05, 0) is 24.3 Å². The van der Waals surface area contributed by atoms with Crippen molar-refractivity contribution < 1.29 is 24.0 Å². The molecule has 9 heteroatoms. The van der Waals surface area contributed by atoms with Crippen molar-refractivity contribution in [2.45, 2.75) is 64.5 Å². The van der Waals surface area contributed by atoms with Gasteiger partial charge in [0.1, 0.15) is 6.04 Å². The Balaban J connectivity index is 1.96. The van der Waals surface area contributed by atoms with Crippen molar-refractivity contribution in [1.29, 1.82) is 0 Å². The van der Waals surface area contributed by atoms with Gasteiger partial charge in [-0.2, -0.15) is 0 Å². The molecule has 3 N–H and O–H groups in total. The molecule has 4 amide bonds. The summed E-state index contributed by atoms with van der Waals surface area (Å²) < 4.78 is 0. The quantitative estimate of drug-likeness (QED) is 0.346. The van der Waals surface area contributed by atoms with E-state index in [1.54, 1.807) is 44.4 Å². The molecule has 1 aliphatic rings. The SMILES string of the molecule is CCCCC(C)C(=O)NC(CC1CC1)C(=O)C(=O)NCC(=O)NC(C(=O)N(C)C)c1ccccc1. The Kier molecular flexibility index (Phi) is 10.9. The highest BCUT2D eigenvalue weighted by atomic mass is 16.2. The van der Waals surface area contributed by atoms with Crippen LogP contribution in [0, 0.1) is 11.8 Å². The fourth-order valence-corrected chi connectivity index (χ4v) is 3.68. The van der Waals surface area contributed by atoms with Crippen LogP contribution < -0.4 is 16.0 Å². The van der Waals surface area contributed by atoms with E-state index in [9.17, 15) is 24.0 Å². The second kappa shape index (κ2) is 13.6. The van der Waals surface area contributed by atoms with E-state index in [-0.39, 0.29) is 17.7 Å². The van der Waals surface area contributed by atoms with Crippen LogP contribution in [0.1, 0.15) is 64.0 Å². The Labute approximate surface area is 207 Å². The summed E-state index contributed by atoms with van der Waals surface area (Å²) in [5, 5.41) is 7.71. The van der Waals surface area contributed by atoms with Crippen LogP contribution >= 0.6 is 0 Å². The lowest BCUT2D eigenvalue weighted by molar-refractivity contribution is -0.141. The Morgan fingerprint density at radius 2 is 1.69 bits per heavy atom. The molecule has 0 aromatic heterocycles. The second-order valence-electron chi connectivity index (χ2n) is 9.47. The first-order valence-electron chi connectivity index (χ1n) is 12.3. The highest BCUT2D eigenvalue weighted by Gasteiger charge is 2.34. The van der Waals surface area contributed by atoms with Gasteiger partial charge in [-0.25, -0.2) is 0 Å². The molecule has 1 aromatic rings. The summed E-state index contributed by atoms with van der Waals surface area (Å²) in [5.41, 5.74) is 0.603. The standard InChI is InChI=1S/C26H38N4O5/c1-5-6-10-17(2)24(33)28-20(15-18-13-14-18)23(32)25(34)27-16-21(31)29-22(26(35)30(3)4)19-11-8-7-9-12-19/h7-9,11-12,17-18,20,22H,5-6,10,13-16H2,1-4H3,(H,27,34)(H,28,33)(H,29,31). The van der Waals surface area contributed by atoms with Crippen LogP contribution in [0.5, 0.6) is 0 Å². The van der Waals surface area contributed by atoms with Crippen molar-refractivity contribution in [3.05, 3.63) is 35.9 Å². The highest BCUT2D eigenvalue weighted by molar-refractivity contribution is 6.38. The molecule has 0 saturated heterocycles. The Morgan fingerprint density at radius 3 is 2.26 bits per heavy atom. The maximum atomic E-state index is 12.8. The van der Waals surface area contributed by atoms with Gasteiger partial charge in [0.15, 0.2) is 0 Å². The monoisotopic (exact) mass is 486 g/mol. The zero-order valence-electron chi connectivity index (χ0n) is 21.1. The van der Waals surface area contributed by atoms with Crippen molar-refractivity contribution in [2.24, 2.45) is 11.8 Å². The van der Waals surface area contributed by atoms with Gasteiger partial charge in [0.25, 0.3) is 5.91 Å². The molecule has 192 valence electrons. The normalized spacial score (nSPS) is 15.3. The number of nitrogens with one attached hydrogen (secondary N) is 3. The van der Waals surface area contributed by atoms with Gasteiger partial charge in [-0.3, -0.25) is 24.0 Å². The van der Waals surface area contributed by atoms with Crippen LogP contribution in [0.3, 0.4) is 0 Å². The van der Waals surface area contributed by atoms with E-state index in [4.69, 9.17) is 0 Å². The van der Waals surface area contributed by atoms with E-state index < -0.39 is 36.2 Å². The first kappa shape index (κ1) is 28.0. The van der Waals surface area contributed by atoms with Gasteiger partial charge in [-0.1, -0.05) is 69.9 Å². The summed E-state index contributed by atoms with van der Waals surface area (Å²) in [6.07, 6.45) is 4.95. The van der Waals surface area contributed by atoms with Gasteiger partial charge in [0.05, 0.1) is 12.6 Å². The number of benzene rings is 1. The second-order valence-corrected chi connectivity index (χ2v) is 9.47. The zero-order chi connectivity index (χ0) is 26.0. The van der Waals surface area contributed by atoms with E-state index in [1.807, 2.05) is 13.8 Å². The number of carbonyl (C=O) groups is 5. The van der Waals surface area contributed by atoms with Crippen molar-refractivity contribution in [2.75, 3.05) is 20.6 Å². The van der Waals surface area contributed by atoms with Gasteiger partial charge in [-0.15, -0.1) is 0 Å². The predicted octanol–water partition coefficient (Wildman–Crippen LogP) is 1.73. The van der Waals surface area contributed by atoms with Gasteiger partial charge in [0, 0.05) is 20.0 Å². The minimum absolute atomic E-state index is 0.240. The van der Waals surface area contributed by atoms with E-state index in [1.165, 1.54) is 4.90 Å². The summed E-state index contributed by atoms with van der Waals surface area (Å²) in [5.74, 6) is -2.79. The molecule has 0 heterocycles. The molecule has 0 radical (unpaired) electrons. The number of carbonyl (C=O) groups excluding carboxylic acids is 5. The lowest BCUT2D eigenvalue weighted by atomic mass is 10.0. The first-order chi connectivity index (χ1) is 16.6. The third kappa shape index (κ3) is 9.15. The lowest BCUT2D eigenvalue weighted by Crippen LogP contribution is -2.51. The number of ketones is 1. The van der Waals surface area contributed by atoms with Crippen LogP contribution in [-0.4, -0.2) is 61.0 Å². The number of Topliss-reactive ketones (excluding diaryl/α,β-unsaturated/α-hetero) is 1. The topological polar surface area (TPSA) is 125 Å². The summed E-state index contributed by atoms with van der Waals surface area (Å²) in [6.45, 7) is 3.39. The highest BCUT2D eigenvalue weighted by Crippen LogP contribution is 2.33. The average Bonchev–Trinajstić information content (AvgIpc) is 3.67. The average molecular weight is 487 g/mol. The largest absolute Gasteiger partial charge is 0.347 e. The number of rotatable bonds is 14. The third-order valence-corrected chi connectivity index (χ3v) is 6.10. The van der Waals surface area contributed by atoms with Gasteiger partial charge in [0.2, 0.25) is 23.5 Å². The molecule has 0 bridgehead atoms. The molecule has 1 aromatic carbocycles. The molecule has 9 nitrogen and oxygen atoms in total. The maximum Gasteiger partial charge on any atom is 0.290 e. The van der Waals surface area contributed by atoms with E-state index in [2.05, 4.69) is 16.0 Å². The molecule has 3 atom stereocenters. The molecular weight excluding hydrogens is 448 g/mol. The number of hydrogen-bond donors (Lipinski definition) is 3. The van der Waals surface area contributed by atoms with E-state index >= 15 is 0 Å². The minimum atomic E-state index is -0.928. The van der Waals surface area contributed by atoms with Crippen LogP contribution in [0.25, 0.3) is 0 Å². The smallest absolute Gasteiger partial charge is 0.290 e. The van der Waals surface area contributed by atoms with Crippen LogP contribution in [0.4, 0.5) is 0 Å². The number of amides is 4. The Morgan fingerprint density at radius 1 is 1.03 bits per heavy atom. The number of unbranched alkanes of at least 4 members (excludes halogenated alkanes) is 1. The lowest BCUT2D eigenvalue weighted by Gasteiger charge is -2.22. The number of likely N-dealkylation sites (N-methyl/N-ethyl adjacent to an activating group) is 1. The predicted molar refractivity (Wildman–Crippen MR) is 132 cm³/mol. The molecule has 1 fully saturated rings. The Bertz CT molecular complexity index is 898. The van der Waals surface area contributed by atoms with Crippen LogP contribution in [0.15, 0.2) is 30.3 Å².